The molecule has 1 aliphatic heterocycles. The van der Waals surface area contributed by atoms with E-state index in [0.29, 0.717) is 43.7 Å². The molecule has 1 aliphatic carbocycles. The van der Waals surface area contributed by atoms with Gasteiger partial charge < -0.3 is 15.8 Å². The number of hydrogen-bond acceptors (Lipinski definition) is 4. The van der Waals surface area contributed by atoms with Crippen LogP contribution >= 0.6 is 0 Å². The Morgan fingerprint density at radius 1 is 1.43 bits per heavy atom. The molecule has 1 unspecified atom stereocenters. The molecule has 2 heterocycles. The first kappa shape index (κ1) is 16.0. The Balaban J connectivity index is 1.77. The Labute approximate surface area is 135 Å². The maximum atomic E-state index is 12.6. The van der Waals surface area contributed by atoms with Crippen LogP contribution in [0.5, 0.6) is 0 Å². The average molecular weight is 320 g/mol. The van der Waals surface area contributed by atoms with Crippen LogP contribution in [-0.4, -0.2) is 40.3 Å². The third kappa shape index (κ3) is 3.10. The number of aryl methyl sites for hydroxylation is 1. The topological polar surface area (TPSA) is 99.2 Å². The van der Waals surface area contributed by atoms with E-state index in [1.807, 2.05) is 11.6 Å². The number of primary amides is 1. The molecule has 1 saturated carbocycles. The number of nitrogens with zero attached hydrogens (tertiary/aromatic N) is 2. The molecule has 3 N–H and O–H groups in total. The zero-order valence-corrected chi connectivity index (χ0v) is 13.7. The predicted molar refractivity (Wildman–Crippen MR) is 83.8 cm³/mol. The van der Waals surface area contributed by atoms with Crippen LogP contribution in [0, 0.1) is 12.8 Å². The third-order valence-electron chi connectivity index (χ3n) is 5.02. The second kappa shape index (κ2) is 5.96. The van der Waals surface area contributed by atoms with Crippen molar-refractivity contribution in [2.24, 2.45) is 11.7 Å². The van der Waals surface area contributed by atoms with Crippen LogP contribution in [0.1, 0.15) is 54.8 Å². The van der Waals surface area contributed by atoms with Crippen LogP contribution in [0.3, 0.4) is 0 Å². The molecular weight excluding hydrogens is 296 g/mol. The van der Waals surface area contributed by atoms with E-state index in [0.717, 1.165) is 5.69 Å². The van der Waals surface area contributed by atoms with Gasteiger partial charge >= 0.3 is 0 Å². The van der Waals surface area contributed by atoms with Crippen LogP contribution in [0.25, 0.3) is 0 Å². The molecule has 3 rings (SSSR count). The molecule has 7 nitrogen and oxygen atoms in total. The number of ether oxygens (including phenoxy) is 1. The normalized spacial score (nSPS) is 21.7. The zero-order chi connectivity index (χ0) is 16.6. The zero-order valence-electron chi connectivity index (χ0n) is 13.7. The number of rotatable bonds is 5. The lowest BCUT2D eigenvalue weighted by Crippen LogP contribution is -2.60. The van der Waals surface area contributed by atoms with Crippen LogP contribution in [0.2, 0.25) is 0 Å². The van der Waals surface area contributed by atoms with Crippen molar-refractivity contribution < 1.29 is 14.3 Å². The second-order valence-electron chi connectivity index (χ2n) is 6.71. The van der Waals surface area contributed by atoms with Gasteiger partial charge in [0.2, 0.25) is 5.91 Å². The Bertz CT molecular complexity index is 615. The van der Waals surface area contributed by atoms with E-state index in [9.17, 15) is 9.59 Å². The minimum absolute atomic E-state index is 0.296. The summed E-state index contributed by atoms with van der Waals surface area (Å²) in [5.41, 5.74) is 5.78. The molecule has 0 radical (unpaired) electrons. The number of amides is 2. The number of hydrogen-bond donors (Lipinski definition) is 2. The summed E-state index contributed by atoms with van der Waals surface area (Å²) < 4.78 is 7.18. The standard InChI is InChI=1S/C16H24N4O3/c1-10-9-13(19-20(10)11(2)12-3-4-12)14(21)18-16(15(17)22)5-7-23-8-6-16/h9,11-12H,3-8H2,1-2H3,(H2,17,22)(H,18,21). The molecule has 1 saturated heterocycles. The van der Waals surface area contributed by atoms with Gasteiger partial charge in [0.25, 0.3) is 5.91 Å². The van der Waals surface area contributed by atoms with Crippen molar-refractivity contribution >= 4 is 11.8 Å². The lowest BCUT2D eigenvalue weighted by molar-refractivity contribution is -0.127. The molecule has 1 atom stereocenters. The summed E-state index contributed by atoms with van der Waals surface area (Å²) in [7, 11) is 0. The fourth-order valence-electron chi connectivity index (χ4n) is 3.22. The van der Waals surface area contributed by atoms with Gasteiger partial charge in [0.05, 0.1) is 6.04 Å². The first-order valence-electron chi connectivity index (χ1n) is 8.19. The quantitative estimate of drug-likeness (QED) is 0.843. The molecule has 1 aromatic rings. The number of carbonyl (C=O) groups is 2. The Kier molecular flexibility index (Phi) is 4.14. The van der Waals surface area contributed by atoms with Crippen LogP contribution in [-0.2, 0) is 9.53 Å². The van der Waals surface area contributed by atoms with E-state index < -0.39 is 11.4 Å². The molecule has 0 bridgehead atoms. The van der Waals surface area contributed by atoms with Crippen molar-refractivity contribution in [3.63, 3.8) is 0 Å². The fraction of sp³-hybridized carbons (Fsp3) is 0.688. The van der Waals surface area contributed by atoms with Gasteiger partial charge in [-0.3, -0.25) is 14.3 Å². The molecule has 2 fully saturated rings. The summed E-state index contributed by atoms with van der Waals surface area (Å²) in [6.45, 7) is 4.90. The summed E-state index contributed by atoms with van der Waals surface area (Å²) in [5.74, 6) is -0.218. The number of nitrogens with two attached hydrogens (primary N) is 1. The first-order chi connectivity index (χ1) is 10.9. The highest BCUT2D eigenvalue weighted by molar-refractivity contribution is 5.97. The molecule has 0 spiro atoms. The third-order valence-corrected chi connectivity index (χ3v) is 5.02. The molecule has 7 heteroatoms. The van der Waals surface area contributed by atoms with Crippen molar-refractivity contribution in [1.82, 2.24) is 15.1 Å². The van der Waals surface area contributed by atoms with Gasteiger partial charge in [-0.25, -0.2) is 0 Å². The summed E-state index contributed by atoms with van der Waals surface area (Å²) in [5, 5.41) is 7.25. The monoisotopic (exact) mass is 320 g/mol. The van der Waals surface area contributed by atoms with E-state index in [2.05, 4.69) is 17.3 Å². The number of nitrogens with one attached hydrogen (secondary N) is 1. The fourth-order valence-corrected chi connectivity index (χ4v) is 3.22. The van der Waals surface area contributed by atoms with Crippen molar-refractivity contribution in [2.75, 3.05) is 13.2 Å². The van der Waals surface area contributed by atoms with E-state index in [1.165, 1.54) is 12.8 Å². The number of carbonyl (C=O) groups excluding carboxylic acids is 2. The Hall–Kier alpha value is -1.89. The van der Waals surface area contributed by atoms with Crippen LogP contribution in [0.15, 0.2) is 6.07 Å². The molecule has 2 aliphatic rings. The molecular formula is C16H24N4O3. The van der Waals surface area contributed by atoms with Crippen molar-refractivity contribution in [3.8, 4) is 0 Å². The van der Waals surface area contributed by atoms with E-state index in [-0.39, 0.29) is 5.91 Å². The second-order valence-corrected chi connectivity index (χ2v) is 6.71. The van der Waals surface area contributed by atoms with Gasteiger partial charge in [-0.2, -0.15) is 5.10 Å². The minimum Gasteiger partial charge on any atom is -0.381 e. The SMILES string of the molecule is Cc1cc(C(=O)NC2(C(N)=O)CCOCC2)nn1C(C)C1CC1. The first-order valence-corrected chi connectivity index (χ1v) is 8.19. The maximum absolute atomic E-state index is 12.6. The Morgan fingerprint density at radius 3 is 2.65 bits per heavy atom. The predicted octanol–water partition coefficient (Wildman–Crippen LogP) is 0.927. The van der Waals surface area contributed by atoms with Gasteiger partial charge in [-0.15, -0.1) is 0 Å². The largest absolute Gasteiger partial charge is 0.381 e. The smallest absolute Gasteiger partial charge is 0.272 e. The van der Waals surface area contributed by atoms with Crippen molar-refractivity contribution in [1.29, 1.82) is 0 Å². The number of aromatic nitrogens is 2. The summed E-state index contributed by atoms with van der Waals surface area (Å²) in [6, 6.07) is 2.06. The molecule has 126 valence electrons. The van der Waals surface area contributed by atoms with Gasteiger partial charge in [-0.1, -0.05) is 0 Å². The lowest BCUT2D eigenvalue weighted by atomic mass is 9.89. The summed E-state index contributed by atoms with van der Waals surface area (Å²) in [6.07, 6.45) is 3.22. The summed E-state index contributed by atoms with van der Waals surface area (Å²) >= 11 is 0. The van der Waals surface area contributed by atoms with Crippen molar-refractivity contribution in [2.45, 2.75) is 51.1 Å². The lowest BCUT2D eigenvalue weighted by Gasteiger charge is -2.34. The van der Waals surface area contributed by atoms with Gasteiger partial charge in [0.1, 0.15) is 11.2 Å². The molecule has 1 aromatic heterocycles. The minimum atomic E-state index is -1.03. The highest BCUT2D eigenvalue weighted by Gasteiger charge is 2.40. The Morgan fingerprint density at radius 2 is 2.09 bits per heavy atom. The highest BCUT2D eigenvalue weighted by atomic mass is 16.5. The van der Waals surface area contributed by atoms with Crippen molar-refractivity contribution in [3.05, 3.63) is 17.5 Å². The molecule has 2 amide bonds. The van der Waals surface area contributed by atoms with E-state index in [1.54, 1.807) is 6.07 Å². The van der Waals surface area contributed by atoms with Crippen LogP contribution in [0.4, 0.5) is 0 Å². The van der Waals surface area contributed by atoms with Gasteiger partial charge in [0.15, 0.2) is 0 Å². The summed E-state index contributed by atoms with van der Waals surface area (Å²) in [4.78, 5) is 24.4. The van der Waals surface area contributed by atoms with Gasteiger partial charge in [0, 0.05) is 31.7 Å². The average Bonchev–Trinajstić information content (AvgIpc) is 3.30. The molecule has 0 aromatic carbocycles. The van der Waals surface area contributed by atoms with Crippen LogP contribution < -0.4 is 11.1 Å². The van der Waals surface area contributed by atoms with E-state index >= 15 is 0 Å². The van der Waals surface area contributed by atoms with E-state index in [4.69, 9.17) is 10.5 Å². The highest BCUT2D eigenvalue weighted by Crippen LogP contribution is 2.39. The van der Waals surface area contributed by atoms with Gasteiger partial charge in [-0.05, 0) is 38.7 Å². The molecule has 23 heavy (non-hydrogen) atoms. The maximum Gasteiger partial charge on any atom is 0.272 e.